The Morgan fingerprint density at radius 1 is 1.09 bits per heavy atom. The van der Waals surface area contributed by atoms with Crippen molar-refractivity contribution in [2.24, 2.45) is 0 Å². The molecule has 0 N–H and O–H groups in total. The number of rotatable bonds is 11. The highest BCUT2D eigenvalue weighted by atomic mass is 16.7. The molecule has 0 atom stereocenters. The molecule has 0 bridgehead atoms. The molecule has 0 unspecified atom stereocenters. The highest BCUT2D eigenvalue weighted by molar-refractivity contribution is 5.76. The number of hydrogen-bond donors (Lipinski definition) is 0. The van der Waals surface area contributed by atoms with Gasteiger partial charge in [-0.3, -0.25) is 19.0 Å². The van der Waals surface area contributed by atoms with Gasteiger partial charge in [0.15, 0.2) is 0 Å². The summed E-state index contributed by atoms with van der Waals surface area (Å²) in [6, 6.07) is 20.0. The number of fused-ring (bicyclic) bond motifs is 1. The van der Waals surface area contributed by atoms with Gasteiger partial charge in [0, 0.05) is 31.1 Å². The number of ether oxygens (including phenoxy) is 1. The third kappa shape index (κ3) is 6.56. The van der Waals surface area contributed by atoms with E-state index in [-0.39, 0.29) is 30.2 Å². The molecular weight excluding hydrogens is 542 g/mol. The van der Waals surface area contributed by atoms with Gasteiger partial charge in [-0.25, -0.2) is 9.58 Å². The molecule has 4 aromatic rings. The monoisotopic (exact) mass is 581 g/mol. The Bertz CT molecular complexity index is 1660. The van der Waals surface area contributed by atoms with Crippen LogP contribution in [0.5, 0.6) is 0 Å². The van der Waals surface area contributed by atoms with E-state index in [0.29, 0.717) is 12.0 Å². The number of aryl methyl sites for hydroxylation is 1. The summed E-state index contributed by atoms with van der Waals surface area (Å²) < 4.78 is 9.79. The molecule has 9 nitrogen and oxygen atoms in total. The predicted molar refractivity (Wildman–Crippen MR) is 164 cm³/mol. The number of hydrogen-bond acceptors (Lipinski definition) is 6. The largest absolute Gasteiger partial charge is 0.368 e. The Kier molecular flexibility index (Phi) is 9.70. The van der Waals surface area contributed by atoms with E-state index in [0.717, 1.165) is 78.5 Å². The van der Waals surface area contributed by atoms with Crippen LogP contribution in [0.2, 0.25) is 0 Å². The molecule has 2 aromatic heterocycles. The van der Waals surface area contributed by atoms with E-state index in [1.807, 2.05) is 51.5 Å². The Balaban J connectivity index is 1.42. The summed E-state index contributed by atoms with van der Waals surface area (Å²) in [4.78, 5) is 31.4. The van der Waals surface area contributed by atoms with Crippen LogP contribution in [0.3, 0.4) is 0 Å². The summed E-state index contributed by atoms with van der Waals surface area (Å²) in [5, 5.41) is 15.4. The van der Waals surface area contributed by atoms with Crippen LogP contribution in [0, 0.1) is 11.3 Å². The SMILES string of the molecule is CCCCc1c(Cc2ccc(-c3ccccc3C#N)cc2)c(=O)n(C2CCC(OCC(=O)N(C)OC)CC2)c2ccnn12. The van der Waals surface area contributed by atoms with Gasteiger partial charge >= 0.3 is 0 Å². The quantitative estimate of drug-likeness (QED) is 0.217. The predicted octanol–water partition coefficient (Wildman–Crippen LogP) is 5.49. The van der Waals surface area contributed by atoms with Gasteiger partial charge in [-0.2, -0.15) is 10.4 Å². The van der Waals surface area contributed by atoms with Gasteiger partial charge in [0.1, 0.15) is 12.3 Å². The van der Waals surface area contributed by atoms with E-state index >= 15 is 0 Å². The Morgan fingerprint density at radius 2 is 1.84 bits per heavy atom. The third-order valence-corrected chi connectivity index (χ3v) is 8.49. The molecule has 0 aliphatic heterocycles. The Labute approximate surface area is 252 Å². The number of amides is 1. The van der Waals surface area contributed by atoms with Crippen molar-refractivity contribution in [3.05, 3.63) is 93.5 Å². The second-order valence-electron chi connectivity index (χ2n) is 11.2. The molecule has 2 heterocycles. The van der Waals surface area contributed by atoms with Crippen molar-refractivity contribution >= 4 is 11.6 Å². The fourth-order valence-electron chi connectivity index (χ4n) is 6.01. The second-order valence-corrected chi connectivity index (χ2v) is 11.2. The first-order valence-electron chi connectivity index (χ1n) is 15.1. The first kappa shape index (κ1) is 30.2. The van der Waals surface area contributed by atoms with Gasteiger partial charge in [-0.1, -0.05) is 55.8 Å². The lowest BCUT2D eigenvalue weighted by atomic mass is 9.92. The zero-order chi connectivity index (χ0) is 30.3. The molecule has 1 fully saturated rings. The van der Waals surface area contributed by atoms with E-state index in [9.17, 15) is 14.9 Å². The highest BCUT2D eigenvalue weighted by Gasteiger charge is 2.28. The average molecular weight is 582 g/mol. The van der Waals surface area contributed by atoms with Crippen LogP contribution >= 0.6 is 0 Å². The lowest BCUT2D eigenvalue weighted by Gasteiger charge is -2.31. The number of nitriles is 1. The summed E-state index contributed by atoms with van der Waals surface area (Å²) in [6.45, 7) is 2.13. The van der Waals surface area contributed by atoms with E-state index in [2.05, 4.69) is 30.2 Å². The van der Waals surface area contributed by atoms with Gasteiger partial charge in [0.05, 0.1) is 36.7 Å². The molecule has 1 aliphatic carbocycles. The minimum Gasteiger partial charge on any atom is -0.368 e. The number of carbonyl (C=O) groups is 1. The molecule has 0 saturated heterocycles. The molecule has 0 spiro atoms. The van der Waals surface area contributed by atoms with E-state index in [1.54, 1.807) is 13.2 Å². The van der Waals surface area contributed by atoms with Crippen molar-refractivity contribution in [1.29, 1.82) is 5.26 Å². The van der Waals surface area contributed by atoms with Crippen molar-refractivity contribution in [2.45, 2.75) is 70.4 Å². The van der Waals surface area contributed by atoms with E-state index < -0.39 is 0 Å². The smallest absolute Gasteiger partial charge is 0.271 e. The van der Waals surface area contributed by atoms with Gasteiger partial charge in [-0.15, -0.1) is 0 Å². The van der Waals surface area contributed by atoms with E-state index in [4.69, 9.17) is 9.57 Å². The minimum atomic E-state index is -0.226. The van der Waals surface area contributed by atoms with Crippen LogP contribution < -0.4 is 5.56 Å². The van der Waals surface area contributed by atoms with Crippen LogP contribution in [-0.4, -0.2) is 52.0 Å². The van der Waals surface area contributed by atoms with Gasteiger partial charge in [0.2, 0.25) is 0 Å². The average Bonchev–Trinajstić information content (AvgIpc) is 3.53. The summed E-state index contributed by atoms with van der Waals surface area (Å²) in [5.74, 6) is -0.226. The molecule has 1 saturated carbocycles. The number of unbranched alkanes of at least 4 members (excludes halogenated alkanes) is 1. The number of carbonyl (C=O) groups excluding carboxylic acids is 1. The summed E-state index contributed by atoms with van der Waals surface area (Å²) in [5.41, 5.74) is 6.16. The van der Waals surface area contributed by atoms with Crippen LogP contribution in [0.1, 0.15) is 73.9 Å². The normalized spacial score (nSPS) is 16.7. The van der Waals surface area contributed by atoms with Crippen LogP contribution in [0.15, 0.2) is 65.6 Å². The van der Waals surface area contributed by atoms with E-state index in [1.165, 1.54) is 12.2 Å². The fourth-order valence-corrected chi connectivity index (χ4v) is 6.01. The number of aromatic nitrogens is 3. The van der Waals surface area contributed by atoms with Crippen LogP contribution in [0.25, 0.3) is 16.8 Å². The molecule has 224 valence electrons. The number of nitrogens with zero attached hydrogens (tertiary/aromatic N) is 5. The maximum atomic E-state index is 14.3. The Morgan fingerprint density at radius 3 is 2.53 bits per heavy atom. The topological polar surface area (TPSA) is 102 Å². The summed E-state index contributed by atoms with van der Waals surface area (Å²) >= 11 is 0. The van der Waals surface area contributed by atoms with Gasteiger partial charge < -0.3 is 4.74 Å². The van der Waals surface area contributed by atoms with Crippen molar-refractivity contribution in [3.8, 4) is 17.2 Å². The molecule has 5 rings (SSSR count). The maximum Gasteiger partial charge on any atom is 0.271 e. The first-order chi connectivity index (χ1) is 20.9. The molecule has 2 aromatic carbocycles. The standard InChI is InChI=1S/C34H39N5O4/c1-4-5-10-31-30(21-24-11-13-25(14-12-24)29-9-7-6-8-26(29)22-35)34(41)38(32-19-20-36-39(31)32)27-15-17-28(18-16-27)43-23-33(40)37(2)42-3/h6-9,11-14,19-20,27-28H,4-5,10,15-18,21,23H2,1-3H3. The number of hydroxylamine groups is 2. The molecule has 1 aliphatic rings. The van der Waals surface area contributed by atoms with Crippen LogP contribution in [-0.2, 0) is 27.2 Å². The zero-order valence-electron chi connectivity index (χ0n) is 25.2. The fraction of sp³-hybridized carbons (Fsp3) is 0.412. The van der Waals surface area contributed by atoms with Crippen molar-refractivity contribution in [1.82, 2.24) is 19.2 Å². The Hall–Kier alpha value is -4.26. The number of benzene rings is 2. The first-order valence-corrected chi connectivity index (χ1v) is 15.1. The highest BCUT2D eigenvalue weighted by Crippen LogP contribution is 2.31. The van der Waals surface area contributed by atoms with Crippen molar-refractivity contribution < 1.29 is 14.4 Å². The lowest BCUT2D eigenvalue weighted by molar-refractivity contribution is -0.175. The third-order valence-electron chi connectivity index (χ3n) is 8.49. The lowest BCUT2D eigenvalue weighted by Crippen LogP contribution is -2.36. The summed E-state index contributed by atoms with van der Waals surface area (Å²) in [7, 11) is 3.01. The molecular formula is C34H39N5O4. The summed E-state index contributed by atoms with van der Waals surface area (Å²) in [6.07, 6.45) is 8.09. The van der Waals surface area contributed by atoms with Gasteiger partial charge in [-0.05, 0) is 61.3 Å². The molecule has 1 amide bonds. The molecule has 0 radical (unpaired) electrons. The van der Waals surface area contributed by atoms with Crippen LogP contribution in [0.4, 0.5) is 0 Å². The molecule has 43 heavy (non-hydrogen) atoms. The zero-order valence-corrected chi connectivity index (χ0v) is 25.2. The van der Waals surface area contributed by atoms with Crippen molar-refractivity contribution in [2.75, 3.05) is 20.8 Å². The minimum absolute atomic E-state index is 0.0211. The number of likely N-dealkylation sites (N-methyl/N-ethyl adjacent to an activating group) is 1. The maximum absolute atomic E-state index is 14.3. The second kappa shape index (κ2) is 13.8. The van der Waals surface area contributed by atoms with Gasteiger partial charge in [0.25, 0.3) is 11.5 Å². The van der Waals surface area contributed by atoms with Crippen molar-refractivity contribution in [3.63, 3.8) is 0 Å². The molecule has 9 heteroatoms.